The number of aromatic hydroxyl groups is 3. The zero-order valence-electron chi connectivity index (χ0n) is 6.67. The maximum atomic E-state index is 9.16. The predicted octanol–water partition coefficient (Wildman–Crippen LogP) is 1.23. The van der Waals surface area contributed by atoms with Crippen LogP contribution in [0.2, 0.25) is 0 Å². The van der Waals surface area contributed by atoms with Gasteiger partial charge in [-0.2, -0.15) is 0 Å². The number of hydrogen-bond acceptors (Lipinski definition) is 6. The summed E-state index contributed by atoms with van der Waals surface area (Å²) in [6.07, 6.45) is 0. The maximum absolute atomic E-state index is 9.16. The first-order valence-electron chi connectivity index (χ1n) is 3.35. The van der Waals surface area contributed by atoms with Crippen LogP contribution in [0.15, 0.2) is 12.1 Å². The van der Waals surface area contributed by atoms with E-state index in [-0.39, 0.29) is 5.05 Å². The average Bonchev–Trinajstić information content (AvgIpc) is 2.13. The Morgan fingerprint density at radius 3 is 2.14 bits per heavy atom. The number of hydrogen-bond donors (Lipinski definition) is 3. The SMILES string of the molecule is Oc1cc(C(=S)[O][Sb]=[S])cc(O)c1O. The topological polar surface area (TPSA) is 69.9 Å². The van der Waals surface area contributed by atoms with Crippen LogP contribution in [0.3, 0.4) is 0 Å². The summed E-state index contributed by atoms with van der Waals surface area (Å²) in [6.45, 7) is 0. The minimum absolute atomic E-state index is 0.127. The van der Waals surface area contributed by atoms with Gasteiger partial charge in [0.1, 0.15) is 0 Å². The molecule has 14 heavy (non-hydrogen) atoms. The van der Waals surface area contributed by atoms with Crippen LogP contribution < -0.4 is 0 Å². The molecule has 0 amide bonds. The van der Waals surface area contributed by atoms with Gasteiger partial charge in [0.25, 0.3) is 0 Å². The van der Waals surface area contributed by atoms with Crippen LogP contribution in [0.1, 0.15) is 5.56 Å². The second-order valence-corrected chi connectivity index (χ2v) is 4.63. The molecule has 0 saturated heterocycles. The van der Waals surface area contributed by atoms with E-state index in [1.807, 2.05) is 0 Å². The molecule has 0 atom stereocenters. The standard InChI is InChI=1S/C7H6O4S.S.Sb/c8-4-1-3(7(11)12)2-5(9)6(4)10;;/h1-2,8-10H,(H,11,12);;/q;;+1/p-1. The molecule has 0 heterocycles. The predicted molar refractivity (Wildman–Crippen MR) is 57.6 cm³/mol. The van der Waals surface area contributed by atoms with Crippen molar-refractivity contribution in [2.45, 2.75) is 0 Å². The molecule has 0 aromatic heterocycles. The number of phenolic OH excluding ortho intramolecular Hbond substituents is 3. The van der Waals surface area contributed by atoms with E-state index in [4.69, 9.17) is 30.6 Å². The molecule has 0 unspecified atom stereocenters. The Bertz CT molecular complexity index is 370. The molecule has 1 rings (SSSR count). The Balaban J connectivity index is 3.12. The van der Waals surface area contributed by atoms with Crippen molar-refractivity contribution >= 4 is 46.5 Å². The van der Waals surface area contributed by atoms with Gasteiger partial charge in [0.2, 0.25) is 0 Å². The molecule has 0 aliphatic rings. The van der Waals surface area contributed by atoms with Gasteiger partial charge in [-0.3, -0.25) is 0 Å². The Labute approximate surface area is 99.3 Å². The molecule has 1 aromatic carbocycles. The molecule has 0 fully saturated rings. The summed E-state index contributed by atoms with van der Waals surface area (Å²) < 4.78 is 4.97. The van der Waals surface area contributed by atoms with Gasteiger partial charge in [-0.05, 0) is 0 Å². The molecule has 7 heteroatoms. The van der Waals surface area contributed by atoms with Crippen molar-refractivity contribution in [1.82, 2.24) is 0 Å². The second kappa shape index (κ2) is 4.86. The van der Waals surface area contributed by atoms with Gasteiger partial charge in [-0.1, -0.05) is 0 Å². The molecule has 0 radical (unpaired) electrons. The van der Waals surface area contributed by atoms with Gasteiger partial charge in [0, 0.05) is 0 Å². The van der Waals surface area contributed by atoms with Crippen molar-refractivity contribution in [3.05, 3.63) is 17.7 Å². The fourth-order valence-electron chi connectivity index (χ4n) is 0.809. The molecule has 0 aliphatic carbocycles. The number of rotatable bonds is 2. The van der Waals surface area contributed by atoms with Gasteiger partial charge in [-0.15, -0.1) is 0 Å². The van der Waals surface area contributed by atoms with E-state index < -0.39 is 37.3 Å². The fourth-order valence-corrected chi connectivity index (χ4v) is 2.49. The van der Waals surface area contributed by atoms with Crippen molar-refractivity contribution in [3.63, 3.8) is 0 Å². The van der Waals surface area contributed by atoms with Gasteiger partial charge < -0.3 is 0 Å². The summed E-state index contributed by atoms with van der Waals surface area (Å²) in [6, 6.07) is 2.41. The van der Waals surface area contributed by atoms with Crippen molar-refractivity contribution in [3.8, 4) is 17.2 Å². The monoisotopic (exact) mass is 338 g/mol. The summed E-state index contributed by atoms with van der Waals surface area (Å²) >= 11 is 3.65. The first-order valence-corrected chi connectivity index (χ1v) is 8.29. The molecule has 1 aromatic rings. The second-order valence-electron chi connectivity index (χ2n) is 2.32. The van der Waals surface area contributed by atoms with Crippen LogP contribution >= 0.6 is 21.4 Å². The Morgan fingerprint density at radius 1 is 1.21 bits per heavy atom. The molecule has 0 saturated carbocycles. The third-order valence-corrected chi connectivity index (χ3v) is 3.35. The third kappa shape index (κ3) is 2.53. The zero-order chi connectivity index (χ0) is 10.7. The van der Waals surface area contributed by atoms with E-state index in [0.29, 0.717) is 5.56 Å². The third-order valence-electron chi connectivity index (χ3n) is 1.43. The van der Waals surface area contributed by atoms with E-state index in [1.165, 1.54) is 12.1 Å². The normalized spacial score (nSPS) is 9.43. The Hall–Kier alpha value is -0.452. The van der Waals surface area contributed by atoms with Gasteiger partial charge in [0.05, 0.1) is 0 Å². The molecule has 0 bridgehead atoms. The molecule has 74 valence electrons. The minimum atomic E-state index is -1.18. The van der Waals surface area contributed by atoms with Crippen molar-refractivity contribution < 1.29 is 18.3 Å². The van der Waals surface area contributed by atoms with E-state index in [0.717, 1.165) is 0 Å². The molecular formula is C7H5O4S2Sb. The zero-order valence-corrected chi connectivity index (χ0v) is 10.9. The van der Waals surface area contributed by atoms with Crippen LogP contribution in [0.25, 0.3) is 0 Å². The molecule has 0 spiro atoms. The van der Waals surface area contributed by atoms with Crippen molar-refractivity contribution in [2.24, 2.45) is 0 Å². The molecule has 4 nitrogen and oxygen atoms in total. The number of phenols is 3. The first-order chi connectivity index (χ1) is 6.56. The summed E-state index contributed by atoms with van der Waals surface area (Å²) in [5, 5.41) is 27.5. The van der Waals surface area contributed by atoms with E-state index in [9.17, 15) is 0 Å². The molecule has 0 aliphatic heterocycles. The van der Waals surface area contributed by atoms with Crippen molar-refractivity contribution in [2.75, 3.05) is 0 Å². The number of benzene rings is 1. The Morgan fingerprint density at radius 2 is 1.71 bits per heavy atom. The van der Waals surface area contributed by atoms with E-state index in [1.54, 1.807) is 0 Å². The summed E-state index contributed by atoms with van der Waals surface area (Å²) in [5.41, 5.74) is 0.327. The van der Waals surface area contributed by atoms with Crippen LogP contribution in [-0.4, -0.2) is 40.4 Å². The molecule has 3 N–H and O–H groups in total. The summed E-state index contributed by atoms with van der Waals surface area (Å²) in [4.78, 5) is 0. The van der Waals surface area contributed by atoms with E-state index >= 15 is 0 Å². The van der Waals surface area contributed by atoms with Crippen LogP contribution in [0.4, 0.5) is 0 Å². The van der Waals surface area contributed by atoms with Crippen LogP contribution in [0, 0.1) is 0 Å². The average molecular weight is 339 g/mol. The number of thiocarbonyl (C=S) groups is 1. The Kier molecular flexibility index (Phi) is 4.04. The van der Waals surface area contributed by atoms with Gasteiger partial charge in [-0.25, -0.2) is 0 Å². The van der Waals surface area contributed by atoms with Gasteiger partial charge in [0.15, 0.2) is 0 Å². The summed E-state index contributed by atoms with van der Waals surface area (Å²) in [5.74, 6) is -1.47. The van der Waals surface area contributed by atoms with Crippen molar-refractivity contribution in [1.29, 1.82) is 0 Å². The van der Waals surface area contributed by atoms with E-state index in [2.05, 4.69) is 9.19 Å². The first kappa shape index (κ1) is 11.6. The van der Waals surface area contributed by atoms with Crippen LogP contribution in [0.5, 0.6) is 17.2 Å². The van der Waals surface area contributed by atoms with Crippen LogP contribution in [-0.2, 0) is 3.02 Å². The summed E-state index contributed by atoms with van der Waals surface area (Å²) in [7, 11) is 4.69. The quantitative estimate of drug-likeness (QED) is 0.428. The van der Waals surface area contributed by atoms with Gasteiger partial charge >= 0.3 is 99.8 Å². The molecular weight excluding hydrogens is 334 g/mol. The fraction of sp³-hybridized carbons (Fsp3) is 0.